The van der Waals surface area contributed by atoms with Gasteiger partial charge in [0.2, 0.25) is 0 Å². The van der Waals surface area contributed by atoms with Gasteiger partial charge in [-0.15, -0.1) is 0 Å². The molecule has 0 spiro atoms. The van der Waals surface area contributed by atoms with E-state index in [1.807, 2.05) is 0 Å². The van der Waals surface area contributed by atoms with Gasteiger partial charge in [-0.1, -0.05) is 38.5 Å². The lowest BCUT2D eigenvalue weighted by molar-refractivity contribution is 0.210. The number of hydrogen-bond acceptors (Lipinski definition) is 2. The second-order valence-electron chi connectivity index (χ2n) is 5.95. The zero-order valence-corrected chi connectivity index (χ0v) is 10.5. The van der Waals surface area contributed by atoms with Gasteiger partial charge in [-0.2, -0.15) is 0 Å². The highest BCUT2D eigenvalue weighted by molar-refractivity contribution is 4.89. The third kappa shape index (κ3) is 2.98. The summed E-state index contributed by atoms with van der Waals surface area (Å²) < 4.78 is 0. The minimum absolute atomic E-state index is 0.267. The number of rotatable bonds is 3. The Labute approximate surface area is 100 Å². The molecule has 2 atom stereocenters. The molecule has 2 aliphatic carbocycles. The first-order chi connectivity index (χ1) is 7.79. The molecule has 2 rings (SSSR count). The molecule has 0 unspecified atom stereocenters. The van der Waals surface area contributed by atoms with Crippen molar-refractivity contribution in [2.75, 3.05) is 0 Å². The van der Waals surface area contributed by atoms with Gasteiger partial charge in [0.25, 0.3) is 0 Å². The lowest BCUT2D eigenvalue weighted by Crippen LogP contribution is -2.51. The van der Waals surface area contributed by atoms with Gasteiger partial charge in [0.05, 0.1) is 0 Å². The maximum absolute atomic E-state index is 6.40. The molecule has 0 radical (unpaired) electrons. The largest absolute Gasteiger partial charge is 0.326 e. The highest BCUT2D eigenvalue weighted by atomic mass is 14.8. The summed E-state index contributed by atoms with van der Waals surface area (Å²) >= 11 is 0. The van der Waals surface area contributed by atoms with Gasteiger partial charge >= 0.3 is 0 Å². The molecular weight excluding hydrogens is 196 g/mol. The predicted octanol–water partition coefficient (Wildman–Crippen LogP) is 2.80. The van der Waals surface area contributed by atoms with E-state index in [0.29, 0.717) is 11.8 Å². The molecule has 0 aromatic heterocycles. The molecule has 2 nitrogen and oxygen atoms in total. The predicted molar refractivity (Wildman–Crippen MR) is 69.1 cm³/mol. The lowest BCUT2D eigenvalue weighted by atomic mass is 9.75. The number of nitrogens with two attached hydrogens (primary N) is 2. The fourth-order valence-corrected chi connectivity index (χ4v) is 3.67. The average molecular weight is 224 g/mol. The highest BCUT2D eigenvalue weighted by Gasteiger charge is 2.30. The summed E-state index contributed by atoms with van der Waals surface area (Å²) in [5.41, 5.74) is 12.8. The fraction of sp³-hybridized carbons (Fsp3) is 1.00. The molecule has 0 bridgehead atoms. The molecule has 0 aromatic carbocycles. The molecule has 0 amide bonds. The summed E-state index contributed by atoms with van der Waals surface area (Å²) in [7, 11) is 0. The normalized spacial score (nSPS) is 28.9. The Morgan fingerprint density at radius 3 is 1.19 bits per heavy atom. The quantitative estimate of drug-likeness (QED) is 0.774. The van der Waals surface area contributed by atoms with E-state index in [1.54, 1.807) is 0 Å². The van der Waals surface area contributed by atoms with Gasteiger partial charge in [0.15, 0.2) is 0 Å². The van der Waals surface area contributed by atoms with Crippen LogP contribution in [0.3, 0.4) is 0 Å². The van der Waals surface area contributed by atoms with Gasteiger partial charge < -0.3 is 11.5 Å². The summed E-state index contributed by atoms with van der Waals surface area (Å²) in [6, 6.07) is 0.534. The van der Waals surface area contributed by atoms with Crippen LogP contribution < -0.4 is 11.5 Å². The number of hydrogen-bond donors (Lipinski definition) is 2. The summed E-state index contributed by atoms with van der Waals surface area (Å²) in [5, 5.41) is 0. The minimum atomic E-state index is 0.267. The van der Waals surface area contributed by atoms with E-state index in [1.165, 1.54) is 64.2 Å². The van der Waals surface area contributed by atoms with Crippen LogP contribution in [-0.4, -0.2) is 12.1 Å². The minimum Gasteiger partial charge on any atom is -0.326 e. The van der Waals surface area contributed by atoms with Crippen LogP contribution in [0.4, 0.5) is 0 Å². The molecule has 0 aliphatic heterocycles. The van der Waals surface area contributed by atoms with Crippen LogP contribution in [0.25, 0.3) is 0 Å². The Balaban J connectivity index is 1.84. The van der Waals surface area contributed by atoms with Crippen LogP contribution >= 0.6 is 0 Å². The Bertz CT molecular complexity index is 171. The molecule has 2 saturated carbocycles. The monoisotopic (exact) mass is 224 g/mol. The zero-order chi connectivity index (χ0) is 11.4. The smallest absolute Gasteiger partial charge is 0.0223 e. The Hall–Kier alpha value is -0.0800. The lowest BCUT2D eigenvalue weighted by Gasteiger charge is -2.37. The fourth-order valence-electron chi connectivity index (χ4n) is 3.67. The van der Waals surface area contributed by atoms with Crippen molar-refractivity contribution in [3.05, 3.63) is 0 Å². The molecule has 0 saturated heterocycles. The van der Waals surface area contributed by atoms with Gasteiger partial charge in [0, 0.05) is 12.1 Å². The van der Waals surface area contributed by atoms with E-state index in [2.05, 4.69) is 0 Å². The van der Waals surface area contributed by atoms with Crippen LogP contribution in [0.15, 0.2) is 0 Å². The van der Waals surface area contributed by atoms with Crippen molar-refractivity contribution in [1.29, 1.82) is 0 Å². The summed E-state index contributed by atoms with van der Waals surface area (Å²) in [6.07, 6.45) is 13.6. The van der Waals surface area contributed by atoms with Gasteiger partial charge in [0.1, 0.15) is 0 Å². The van der Waals surface area contributed by atoms with Crippen molar-refractivity contribution in [1.82, 2.24) is 0 Å². The van der Waals surface area contributed by atoms with Crippen LogP contribution in [0.5, 0.6) is 0 Å². The summed E-state index contributed by atoms with van der Waals surface area (Å²) in [4.78, 5) is 0. The Morgan fingerprint density at radius 2 is 0.875 bits per heavy atom. The standard InChI is InChI=1S/C14H28N2/c15-13(11-7-3-1-4-8-11)14(16)12-9-5-2-6-10-12/h11-14H,1-10,15-16H2/t13-,14+. The first-order valence-corrected chi connectivity index (χ1v) is 7.30. The zero-order valence-electron chi connectivity index (χ0n) is 10.5. The molecule has 2 fully saturated rings. The first-order valence-electron chi connectivity index (χ1n) is 7.30. The second kappa shape index (κ2) is 6.02. The molecule has 2 aliphatic rings. The molecule has 16 heavy (non-hydrogen) atoms. The SMILES string of the molecule is N[C@H](C1CCCCC1)[C@@H](N)C1CCCCC1. The van der Waals surface area contributed by atoms with Gasteiger partial charge in [-0.3, -0.25) is 0 Å². The van der Waals surface area contributed by atoms with Crippen molar-refractivity contribution in [3.8, 4) is 0 Å². The molecule has 94 valence electrons. The van der Waals surface area contributed by atoms with Gasteiger partial charge in [-0.05, 0) is 37.5 Å². The van der Waals surface area contributed by atoms with E-state index in [9.17, 15) is 0 Å². The molecule has 2 heteroatoms. The molecule has 4 N–H and O–H groups in total. The van der Waals surface area contributed by atoms with Crippen LogP contribution in [0.2, 0.25) is 0 Å². The highest BCUT2D eigenvalue weighted by Crippen LogP contribution is 2.32. The van der Waals surface area contributed by atoms with Crippen LogP contribution in [0, 0.1) is 11.8 Å². The maximum Gasteiger partial charge on any atom is 0.0223 e. The van der Waals surface area contributed by atoms with E-state index in [-0.39, 0.29) is 12.1 Å². The van der Waals surface area contributed by atoms with Crippen molar-refractivity contribution >= 4 is 0 Å². The van der Waals surface area contributed by atoms with Crippen molar-refractivity contribution in [2.45, 2.75) is 76.3 Å². The van der Waals surface area contributed by atoms with E-state index in [4.69, 9.17) is 11.5 Å². The van der Waals surface area contributed by atoms with Crippen LogP contribution in [0.1, 0.15) is 64.2 Å². The third-order valence-corrected chi connectivity index (χ3v) is 4.83. The van der Waals surface area contributed by atoms with Crippen molar-refractivity contribution < 1.29 is 0 Å². The Kier molecular flexibility index (Phi) is 4.66. The first kappa shape index (κ1) is 12.4. The van der Waals surface area contributed by atoms with E-state index >= 15 is 0 Å². The summed E-state index contributed by atoms with van der Waals surface area (Å²) in [5.74, 6) is 1.43. The third-order valence-electron chi connectivity index (χ3n) is 4.83. The summed E-state index contributed by atoms with van der Waals surface area (Å²) in [6.45, 7) is 0. The van der Waals surface area contributed by atoms with Crippen molar-refractivity contribution in [3.63, 3.8) is 0 Å². The maximum atomic E-state index is 6.40. The average Bonchev–Trinajstić information content (AvgIpc) is 2.39. The van der Waals surface area contributed by atoms with Crippen molar-refractivity contribution in [2.24, 2.45) is 23.3 Å². The van der Waals surface area contributed by atoms with E-state index < -0.39 is 0 Å². The molecule has 0 aromatic rings. The van der Waals surface area contributed by atoms with Crippen LogP contribution in [-0.2, 0) is 0 Å². The molecule has 0 heterocycles. The second-order valence-corrected chi connectivity index (χ2v) is 5.95. The van der Waals surface area contributed by atoms with E-state index in [0.717, 1.165) is 0 Å². The topological polar surface area (TPSA) is 52.0 Å². The Morgan fingerprint density at radius 1 is 0.562 bits per heavy atom. The van der Waals surface area contributed by atoms with Gasteiger partial charge in [-0.25, -0.2) is 0 Å². The molecular formula is C14H28N2.